The van der Waals surface area contributed by atoms with E-state index < -0.39 is 12.1 Å². The molecule has 0 heterocycles. The number of halogens is 4. The Morgan fingerprint density at radius 2 is 2.00 bits per heavy atom. The molecule has 3 nitrogen and oxygen atoms in total. The molecule has 80 valence electrons. The third-order valence-corrected chi connectivity index (χ3v) is 1.89. The van der Waals surface area contributed by atoms with E-state index in [-0.39, 0.29) is 11.3 Å². The Labute approximate surface area is 91.4 Å². The van der Waals surface area contributed by atoms with Gasteiger partial charge in [0.15, 0.2) is 0 Å². The van der Waals surface area contributed by atoms with Crippen LogP contribution in [0.4, 0.5) is 18.9 Å². The largest absolute Gasteiger partial charge is 0.573 e. The Hall–Kier alpha value is -1.42. The number of nitrogens with two attached hydrogens (primary N) is 1. The Morgan fingerprint density at radius 3 is 2.47 bits per heavy atom. The van der Waals surface area contributed by atoms with Crippen molar-refractivity contribution >= 4 is 21.6 Å². The van der Waals surface area contributed by atoms with Crippen LogP contribution in [-0.4, -0.2) is 6.36 Å². The lowest BCUT2D eigenvalue weighted by Gasteiger charge is -2.11. The lowest BCUT2D eigenvalue weighted by Crippen LogP contribution is -2.18. The molecule has 0 aliphatic rings. The van der Waals surface area contributed by atoms with E-state index in [1.807, 2.05) is 0 Å². The number of anilines is 1. The molecule has 0 amide bonds. The summed E-state index contributed by atoms with van der Waals surface area (Å²) in [4.78, 5) is 0. The molecule has 1 rings (SSSR count). The van der Waals surface area contributed by atoms with Gasteiger partial charge in [-0.05, 0) is 12.1 Å². The number of hydrogen-bond acceptors (Lipinski definition) is 3. The van der Waals surface area contributed by atoms with E-state index in [9.17, 15) is 13.2 Å². The molecule has 0 bridgehead atoms. The normalized spacial score (nSPS) is 10.9. The molecule has 0 atom stereocenters. The Balaban J connectivity index is 3.23. The molecule has 0 saturated heterocycles. The highest BCUT2D eigenvalue weighted by Gasteiger charge is 2.32. The molecule has 2 N–H and O–H groups in total. The average Bonchev–Trinajstić information content (AvgIpc) is 1.99. The number of nitrogen functional groups attached to an aromatic ring is 1. The van der Waals surface area contributed by atoms with Crippen molar-refractivity contribution in [1.29, 1.82) is 5.26 Å². The molecule has 0 aliphatic heterocycles. The lowest BCUT2D eigenvalue weighted by atomic mass is 10.2. The molecule has 0 aromatic heterocycles. The van der Waals surface area contributed by atoms with Gasteiger partial charge in [0, 0.05) is 4.47 Å². The number of rotatable bonds is 1. The highest BCUT2D eigenvalue weighted by molar-refractivity contribution is 9.10. The van der Waals surface area contributed by atoms with Crippen LogP contribution >= 0.6 is 15.9 Å². The maximum atomic E-state index is 11.9. The fraction of sp³-hybridized carbons (Fsp3) is 0.125. The Morgan fingerprint density at radius 1 is 1.40 bits per heavy atom. The van der Waals surface area contributed by atoms with Crippen LogP contribution in [0.5, 0.6) is 5.75 Å². The van der Waals surface area contributed by atoms with Gasteiger partial charge in [0.25, 0.3) is 0 Å². The molecule has 1 aromatic carbocycles. The van der Waals surface area contributed by atoms with Crippen molar-refractivity contribution in [3.05, 3.63) is 22.2 Å². The van der Waals surface area contributed by atoms with Gasteiger partial charge >= 0.3 is 6.36 Å². The molecule has 0 unspecified atom stereocenters. The minimum atomic E-state index is -4.85. The lowest BCUT2D eigenvalue weighted by molar-refractivity contribution is -0.274. The number of alkyl halides is 3. The molecule has 0 saturated carbocycles. The monoisotopic (exact) mass is 280 g/mol. The van der Waals surface area contributed by atoms with Crippen molar-refractivity contribution in [2.45, 2.75) is 6.36 Å². The van der Waals surface area contributed by atoms with Crippen molar-refractivity contribution in [3.63, 3.8) is 0 Å². The summed E-state index contributed by atoms with van der Waals surface area (Å²) in [5.74, 6) is -0.614. The van der Waals surface area contributed by atoms with Gasteiger partial charge in [-0.1, -0.05) is 15.9 Å². The first kappa shape index (κ1) is 11.7. The zero-order valence-electron chi connectivity index (χ0n) is 7.10. The zero-order chi connectivity index (χ0) is 11.6. The molecular formula is C8H4BrF3N2O. The molecule has 0 aliphatic carbocycles. The first-order valence-corrected chi connectivity index (χ1v) is 4.37. The van der Waals surface area contributed by atoms with Gasteiger partial charge in [0.1, 0.15) is 17.4 Å². The third-order valence-electron chi connectivity index (χ3n) is 1.43. The van der Waals surface area contributed by atoms with Gasteiger partial charge in [-0.2, -0.15) is 5.26 Å². The van der Waals surface area contributed by atoms with Gasteiger partial charge in [-0.25, -0.2) is 0 Å². The standard InChI is InChI=1S/C8H4BrF3N2O/c9-4-1-6(14)5(3-13)7(2-4)15-8(10,11)12/h1-2H,14H2. The fourth-order valence-corrected chi connectivity index (χ4v) is 1.38. The summed E-state index contributed by atoms with van der Waals surface area (Å²) >= 11 is 2.95. The van der Waals surface area contributed by atoms with E-state index >= 15 is 0 Å². The zero-order valence-corrected chi connectivity index (χ0v) is 8.69. The topological polar surface area (TPSA) is 59.0 Å². The maximum absolute atomic E-state index is 11.9. The number of benzene rings is 1. The van der Waals surface area contributed by atoms with Gasteiger partial charge in [-0.15, -0.1) is 13.2 Å². The second-order valence-corrected chi connectivity index (χ2v) is 3.44. The van der Waals surface area contributed by atoms with E-state index in [2.05, 4.69) is 20.7 Å². The molecule has 7 heteroatoms. The first-order valence-electron chi connectivity index (χ1n) is 3.58. The Bertz CT molecular complexity index is 425. The van der Waals surface area contributed by atoms with Gasteiger partial charge in [0.05, 0.1) is 5.69 Å². The van der Waals surface area contributed by atoms with E-state index in [1.54, 1.807) is 6.07 Å². The predicted molar refractivity (Wildman–Crippen MR) is 50.0 cm³/mol. The fourth-order valence-electron chi connectivity index (χ4n) is 0.927. The summed E-state index contributed by atoms with van der Waals surface area (Å²) in [6.45, 7) is 0. The molecule has 15 heavy (non-hydrogen) atoms. The van der Waals surface area contributed by atoms with Gasteiger partial charge in [-0.3, -0.25) is 0 Å². The van der Waals surface area contributed by atoms with Crippen molar-refractivity contribution in [3.8, 4) is 11.8 Å². The van der Waals surface area contributed by atoms with Crippen molar-refractivity contribution in [2.24, 2.45) is 0 Å². The van der Waals surface area contributed by atoms with Crippen LogP contribution in [0.2, 0.25) is 0 Å². The molecule has 0 radical (unpaired) electrons. The highest BCUT2D eigenvalue weighted by atomic mass is 79.9. The molecular weight excluding hydrogens is 277 g/mol. The molecule has 0 fully saturated rings. The van der Waals surface area contributed by atoms with E-state index in [0.29, 0.717) is 4.47 Å². The number of nitrogens with zero attached hydrogens (tertiary/aromatic N) is 1. The molecule has 0 spiro atoms. The van der Waals surface area contributed by atoms with Gasteiger partial charge in [0.2, 0.25) is 0 Å². The maximum Gasteiger partial charge on any atom is 0.573 e. The highest BCUT2D eigenvalue weighted by Crippen LogP contribution is 2.32. The number of ether oxygens (including phenoxy) is 1. The minimum absolute atomic E-state index is 0.0777. The van der Waals surface area contributed by atoms with Crippen LogP contribution in [0.15, 0.2) is 16.6 Å². The van der Waals surface area contributed by atoms with Crippen LogP contribution in [0, 0.1) is 11.3 Å². The number of nitriles is 1. The van der Waals surface area contributed by atoms with Crippen LogP contribution < -0.4 is 10.5 Å². The summed E-state index contributed by atoms with van der Waals surface area (Å²) in [7, 11) is 0. The van der Waals surface area contributed by atoms with Crippen LogP contribution in [0.3, 0.4) is 0 Å². The smallest absolute Gasteiger partial charge is 0.404 e. The third kappa shape index (κ3) is 3.02. The second-order valence-electron chi connectivity index (χ2n) is 2.53. The first-order chi connectivity index (χ1) is 6.83. The van der Waals surface area contributed by atoms with Crippen LogP contribution in [0.1, 0.15) is 5.56 Å². The van der Waals surface area contributed by atoms with E-state index in [0.717, 1.165) is 6.07 Å². The van der Waals surface area contributed by atoms with Gasteiger partial charge < -0.3 is 10.5 Å². The van der Waals surface area contributed by atoms with Crippen molar-refractivity contribution < 1.29 is 17.9 Å². The summed E-state index contributed by atoms with van der Waals surface area (Å²) in [5.41, 5.74) is 4.94. The minimum Gasteiger partial charge on any atom is -0.404 e. The predicted octanol–water partition coefficient (Wildman–Crippen LogP) is 2.80. The van der Waals surface area contributed by atoms with Crippen LogP contribution in [0.25, 0.3) is 0 Å². The second kappa shape index (κ2) is 3.98. The summed E-state index contributed by atoms with van der Waals surface area (Å²) in [6, 6.07) is 3.89. The van der Waals surface area contributed by atoms with Crippen LogP contribution in [-0.2, 0) is 0 Å². The summed E-state index contributed by atoms with van der Waals surface area (Å²) in [5, 5.41) is 8.59. The molecule has 1 aromatic rings. The van der Waals surface area contributed by atoms with Crippen molar-refractivity contribution in [1.82, 2.24) is 0 Å². The average molecular weight is 281 g/mol. The number of hydrogen-bond donors (Lipinski definition) is 1. The SMILES string of the molecule is N#Cc1c(N)cc(Br)cc1OC(F)(F)F. The summed E-state index contributed by atoms with van der Waals surface area (Å²) in [6.07, 6.45) is -4.85. The van der Waals surface area contributed by atoms with Crippen molar-refractivity contribution in [2.75, 3.05) is 5.73 Å². The Kier molecular flexibility index (Phi) is 3.09. The van der Waals surface area contributed by atoms with E-state index in [4.69, 9.17) is 11.0 Å². The van der Waals surface area contributed by atoms with E-state index in [1.165, 1.54) is 6.07 Å². The summed E-state index contributed by atoms with van der Waals surface area (Å²) < 4.78 is 39.8. The quantitative estimate of drug-likeness (QED) is 0.805.